The van der Waals surface area contributed by atoms with Crippen LogP contribution in [0, 0.1) is 6.92 Å². The number of nitrogens with zero attached hydrogens (tertiary/aromatic N) is 3. The van der Waals surface area contributed by atoms with Crippen molar-refractivity contribution in [1.29, 1.82) is 0 Å². The minimum atomic E-state index is -0.119. The Labute approximate surface area is 179 Å². The average molecular weight is 459 g/mol. The van der Waals surface area contributed by atoms with Crippen LogP contribution in [-0.4, -0.2) is 26.8 Å². The third kappa shape index (κ3) is 5.65. The first-order valence-electron chi connectivity index (χ1n) is 8.10. The number of thioether (sulfide) groups is 1. The summed E-state index contributed by atoms with van der Waals surface area (Å²) in [6, 6.07) is 5.44. The van der Waals surface area contributed by atoms with Gasteiger partial charge in [-0.15, -0.1) is 21.5 Å². The molecule has 1 aromatic carbocycles. The summed E-state index contributed by atoms with van der Waals surface area (Å²) in [7, 11) is 0. The van der Waals surface area contributed by atoms with Crippen LogP contribution in [-0.2, 0) is 17.6 Å². The van der Waals surface area contributed by atoms with Crippen molar-refractivity contribution >= 4 is 68.7 Å². The number of amides is 1. The van der Waals surface area contributed by atoms with Crippen LogP contribution in [0.15, 0.2) is 22.5 Å². The van der Waals surface area contributed by atoms with E-state index in [9.17, 15) is 4.79 Å². The minimum absolute atomic E-state index is 0.119. The predicted molar refractivity (Wildman–Crippen MR) is 115 cm³/mol. The van der Waals surface area contributed by atoms with Crippen molar-refractivity contribution in [2.24, 2.45) is 0 Å². The lowest BCUT2D eigenvalue weighted by atomic mass is 10.1. The standard InChI is InChI=1S/C17H16Cl2N4OS3/c1-3-15-22-23-16(27-15)21-14(24)8-25-17-20-9(2)13(26-17)7-10-6-11(18)4-5-12(10)19/h4-6H,3,7-8H2,1-2H3,(H,21,23,24). The largest absolute Gasteiger partial charge is 0.300 e. The van der Waals surface area contributed by atoms with Gasteiger partial charge in [-0.1, -0.05) is 53.2 Å². The molecule has 2 heterocycles. The molecule has 3 aromatic rings. The Morgan fingerprint density at radius 3 is 2.81 bits per heavy atom. The number of nitrogens with one attached hydrogen (secondary N) is 1. The third-order valence-corrected chi connectivity index (χ3v) is 7.46. The predicted octanol–water partition coefficient (Wildman–Crippen LogP) is 5.49. The van der Waals surface area contributed by atoms with Crippen molar-refractivity contribution in [2.75, 3.05) is 11.1 Å². The molecule has 0 aliphatic rings. The Hall–Kier alpha value is -1.19. The number of carbonyl (C=O) groups is 1. The van der Waals surface area contributed by atoms with E-state index in [4.69, 9.17) is 23.2 Å². The number of benzene rings is 1. The number of thiazole rings is 1. The highest BCUT2D eigenvalue weighted by molar-refractivity contribution is 8.01. The normalized spacial score (nSPS) is 11.0. The molecule has 0 fully saturated rings. The number of aryl methyl sites for hydroxylation is 2. The van der Waals surface area contributed by atoms with Crippen molar-refractivity contribution in [3.63, 3.8) is 0 Å². The molecule has 1 N–H and O–H groups in total. The minimum Gasteiger partial charge on any atom is -0.300 e. The van der Waals surface area contributed by atoms with Gasteiger partial charge in [0.05, 0.1) is 11.4 Å². The van der Waals surface area contributed by atoms with E-state index >= 15 is 0 Å². The number of carbonyl (C=O) groups excluding carboxylic acids is 1. The first kappa shape index (κ1) is 20.5. The molecule has 0 atom stereocenters. The lowest BCUT2D eigenvalue weighted by Gasteiger charge is -2.03. The van der Waals surface area contributed by atoms with Crippen LogP contribution in [0.5, 0.6) is 0 Å². The van der Waals surface area contributed by atoms with Gasteiger partial charge in [-0.3, -0.25) is 10.1 Å². The monoisotopic (exact) mass is 458 g/mol. The zero-order chi connectivity index (χ0) is 19.4. The Kier molecular flexibility index (Phi) is 7.10. The molecule has 3 rings (SSSR count). The van der Waals surface area contributed by atoms with Crippen LogP contribution in [0.1, 0.15) is 28.1 Å². The topological polar surface area (TPSA) is 67.8 Å². The van der Waals surface area contributed by atoms with Gasteiger partial charge in [0.15, 0.2) is 4.34 Å². The lowest BCUT2D eigenvalue weighted by molar-refractivity contribution is -0.113. The summed E-state index contributed by atoms with van der Waals surface area (Å²) < 4.78 is 0.849. The van der Waals surface area contributed by atoms with Gasteiger partial charge in [0.1, 0.15) is 5.01 Å². The van der Waals surface area contributed by atoms with Gasteiger partial charge >= 0.3 is 0 Å². The van der Waals surface area contributed by atoms with E-state index in [2.05, 4.69) is 20.5 Å². The molecular formula is C17H16Cl2N4OS3. The van der Waals surface area contributed by atoms with E-state index in [1.807, 2.05) is 19.9 Å². The fourth-order valence-corrected chi connectivity index (χ4v) is 5.34. The molecule has 0 saturated carbocycles. The number of rotatable bonds is 7. The van der Waals surface area contributed by atoms with Gasteiger partial charge in [0.2, 0.25) is 11.0 Å². The molecule has 0 spiro atoms. The van der Waals surface area contributed by atoms with Gasteiger partial charge in [-0.25, -0.2) is 4.98 Å². The van der Waals surface area contributed by atoms with E-state index < -0.39 is 0 Å². The van der Waals surface area contributed by atoms with Gasteiger partial charge in [-0.2, -0.15) is 0 Å². The van der Waals surface area contributed by atoms with Gasteiger partial charge in [-0.05, 0) is 37.1 Å². The number of halogens is 2. The highest BCUT2D eigenvalue weighted by atomic mass is 35.5. The molecule has 0 unspecified atom stereocenters. The van der Waals surface area contributed by atoms with Crippen molar-refractivity contribution in [2.45, 2.75) is 31.0 Å². The summed E-state index contributed by atoms with van der Waals surface area (Å²) in [5.41, 5.74) is 1.91. The molecular weight excluding hydrogens is 443 g/mol. The Bertz CT molecular complexity index is 958. The first-order chi connectivity index (χ1) is 12.9. The van der Waals surface area contributed by atoms with Crippen LogP contribution in [0.3, 0.4) is 0 Å². The first-order valence-corrected chi connectivity index (χ1v) is 11.5. The molecule has 27 heavy (non-hydrogen) atoms. The average Bonchev–Trinajstić information content (AvgIpc) is 3.23. The molecule has 1 amide bonds. The molecule has 142 valence electrons. The fraction of sp³-hybridized carbons (Fsp3) is 0.294. The lowest BCUT2D eigenvalue weighted by Crippen LogP contribution is -2.13. The maximum absolute atomic E-state index is 12.1. The quantitative estimate of drug-likeness (QED) is 0.473. The highest BCUT2D eigenvalue weighted by Crippen LogP contribution is 2.31. The number of hydrogen-bond donors (Lipinski definition) is 1. The van der Waals surface area contributed by atoms with E-state index in [0.717, 1.165) is 31.9 Å². The van der Waals surface area contributed by atoms with E-state index in [1.165, 1.54) is 23.1 Å². The van der Waals surface area contributed by atoms with Gasteiger partial charge in [0, 0.05) is 21.3 Å². The smallest absolute Gasteiger partial charge is 0.236 e. The summed E-state index contributed by atoms with van der Waals surface area (Å²) in [6.07, 6.45) is 1.47. The zero-order valence-corrected chi connectivity index (χ0v) is 18.5. The second kappa shape index (κ2) is 9.34. The third-order valence-electron chi connectivity index (χ3n) is 3.57. The van der Waals surface area contributed by atoms with E-state index in [0.29, 0.717) is 21.6 Å². The van der Waals surface area contributed by atoms with Crippen LogP contribution < -0.4 is 5.32 Å². The molecule has 0 aliphatic heterocycles. The number of hydrogen-bond acceptors (Lipinski definition) is 7. The SMILES string of the molecule is CCc1nnc(NC(=O)CSc2nc(C)c(Cc3cc(Cl)ccc3Cl)s2)s1. The van der Waals surface area contributed by atoms with Gasteiger partial charge < -0.3 is 0 Å². The molecule has 0 saturated heterocycles. The molecule has 0 bridgehead atoms. The maximum Gasteiger partial charge on any atom is 0.236 e. The Balaban J connectivity index is 1.59. The molecule has 0 radical (unpaired) electrons. The molecule has 0 aliphatic carbocycles. The summed E-state index contributed by atoms with van der Waals surface area (Å²) in [5.74, 6) is 0.150. The van der Waals surface area contributed by atoms with E-state index in [1.54, 1.807) is 23.5 Å². The summed E-state index contributed by atoms with van der Waals surface area (Å²) in [6.45, 7) is 3.96. The maximum atomic E-state index is 12.1. The molecule has 2 aromatic heterocycles. The highest BCUT2D eigenvalue weighted by Gasteiger charge is 2.13. The second-order valence-corrected chi connectivity index (χ2v) is 9.80. The van der Waals surface area contributed by atoms with Crippen molar-refractivity contribution in [3.05, 3.63) is 49.4 Å². The molecule has 10 heteroatoms. The zero-order valence-electron chi connectivity index (χ0n) is 14.6. The van der Waals surface area contributed by atoms with Crippen molar-refractivity contribution in [3.8, 4) is 0 Å². The van der Waals surface area contributed by atoms with Crippen LogP contribution in [0.4, 0.5) is 5.13 Å². The summed E-state index contributed by atoms with van der Waals surface area (Å²) >= 11 is 16.7. The summed E-state index contributed by atoms with van der Waals surface area (Å²) in [5, 5.41) is 13.5. The van der Waals surface area contributed by atoms with Crippen LogP contribution in [0.25, 0.3) is 0 Å². The van der Waals surface area contributed by atoms with Crippen LogP contribution >= 0.6 is 57.6 Å². The van der Waals surface area contributed by atoms with Crippen molar-refractivity contribution < 1.29 is 4.79 Å². The Morgan fingerprint density at radius 1 is 1.26 bits per heavy atom. The molecule has 5 nitrogen and oxygen atoms in total. The second-order valence-electron chi connectivity index (χ2n) is 5.59. The van der Waals surface area contributed by atoms with Gasteiger partial charge in [0.25, 0.3) is 0 Å². The van der Waals surface area contributed by atoms with Crippen molar-refractivity contribution in [1.82, 2.24) is 15.2 Å². The summed E-state index contributed by atoms with van der Waals surface area (Å²) in [4.78, 5) is 17.8. The van der Waals surface area contributed by atoms with E-state index in [-0.39, 0.29) is 11.7 Å². The fourth-order valence-electron chi connectivity index (χ4n) is 2.21. The number of anilines is 1. The number of aromatic nitrogens is 3. The van der Waals surface area contributed by atoms with Crippen LogP contribution in [0.2, 0.25) is 10.0 Å². The Morgan fingerprint density at radius 2 is 2.07 bits per heavy atom.